The summed E-state index contributed by atoms with van der Waals surface area (Å²) in [5.74, 6) is -9.80. The molecule has 4 rings (SSSR count). The number of benzene rings is 2. The molecule has 0 unspecified atom stereocenters. The lowest BCUT2D eigenvalue weighted by molar-refractivity contribution is -0.144. The van der Waals surface area contributed by atoms with E-state index < -0.39 is 169 Å². The number of guanidine groups is 1. The summed E-state index contributed by atoms with van der Waals surface area (Å²) in [4.78, 5) is 185. The van der Waals surface area contributed by atoms with Gasteiger partial charge in [0.25, 0.3) is 0 Å². The standard InChI is InChI=1S/C63H98N18O13S/c1-37(2)33-45(57(89)74-41(53(68)85)27-32-95-3)73-52(84)36-72-54(86)46(34-38-15-6-4-7-16-38)78-58(90)47(35-39-17-8-5-9-18-39)79-56(88)42(23-25-50(66)82)75-55(87)43(24-26-51(67)83)76-59(91)49-22-14-31-81(49)62(94)44(20-10-11-28-64)77-60(92)48-21-13-30-80(48)61(93)40(65)19-12-29-71-63(69)70/h4-9,15-18,37,40-49H,10-14,19-36,64-65H2,1-3H3,(H2,66,82)(H2,67,83)(H2,68,85)(H,72,86)(H,73,84)(H,74,89)(H,75,87)(H,76,91)(H,77,92)(H,78,90)(H,79,88)(H4,69,70,71)/t40-,41+,42-,43+,44+,45-,46+,47+,48-,49+/m1/s1. The van der Waals surface area contributed by atoms with E-state index in [9.17, 15) is 62.3 Å². The molecule has 95 heavy (non-hydrogen) atoms. The van der Waals surface area contributed by atoms with Crippen molar-refractivity contribution < 1.29 is 62.3 Å². The summed E-state index contributed by atoms with van der Waals surface area (Å²) in [5.41, 5.74) is 40.6. The van der Waals surface area contributed by atoms with E-state index >= 15 is 0 Å². The van der Waals surface area contributed by atoms with Crippen LogP contribution in [0.4, 0.5) is 0 Å². The van der Waals surface area contributed by atoms with Gasteiger partial charge in [-0.3, -0.25) is 67.3 Å². The number of aliphatic imine (C=N–C) groups is 1. The van der Waals surface area contributed by atoms with Crippen molar-refractivity contribution in [2.24, 2.45) is 51.0 Å². The maximum absolute atomic E-state index is 14.7. The van der Waals surface area contributed by atoms with E-state index in [-0.39, 0.29) is 83.0 Å². The lowest BCUT2D eigenvalue weighted by atomic mass is 10.0. The SMILES string of the molecule is CSCC[C@H](NC(=O)[C@@H](CC(C)C)NC(=O)CNC(=O)[C@H](Cc1ccccc1)NC(=O)[C@H](Cc1ccccc1)NC(=O)[C@@H](CCC(N)=O)NC(=O)[C@H](CCC(N)=O)NC(=O)[C@@H]1CCCN1C(=O)[C@H](CCCCN)NC(=O)[C@H]1CCCN1C(=O)[C@H](N)CCCN=C(N)N)C(N)=O. The lowest BCUT2D eigenvalue weighted by Gasteiger charge is -2.32. The number of unbranched alkanes of at least 4 members (excludes halogenated alkanes) is 1. The third-order valence-electron chi connectivity index (χ3n) is 16.0. The Morgan fingerprint density at radius 1 is 0.537 bits per heavy atom. The van der Waals surface area contributed by atoms with Crippen molar-refractivity contribution in [3.8, 4) is 0 Å². The van der Waals surface area contributed by atoms with Crippen LogP contribution in [0.25, 0.3) is 0 Å². The van der Waals surface area contributed by atoms with Crippen LogP contribution >= 0.6 is 11.8 Å². The van der Waals surface area contributed by atoms with Crippen LogP contribution in [0.15, 0.2) is 65.7 Å². The molecule has 32 heteroatoms. The molecule has 2 saturated heterocycles. The Morgan fingerprint density at radius 3 is 1.51 bits per heavy atom. The van der Waals surface area contributed by atoms with Gasteiger partial charge in [-0.1, -0.05) is 74.5 Å². The smallest absolute Gasteiger partial charge is 0.245 e. The molecule has 0 radical (unpaired) electrons. The zero-order chi connectivity index (χ0) is 70.1. The Morgan fingerprint density at radius 2 is 1.01 bits per heavy atom. The number of nitrogens with one attached hydrogen (secondary N) is 8. The molecule has 10 atom stereocenters. The van der Waals surface area contributed by atoms with Crippen molar-refractivity contribution in [1.29, 1.82) is 0 Å². The Kier molecular flexibility index (Phi) is 33.9. The molecular formula is C63H98N18O13S. The molecule has 22 N–H and O–H groups in total. The summed E-state index contributed by atoms with van der Waals surface area (Å²) in [6, 6.07) is 4.51. The van der Waals surface area contributed by atoms with E-state index in [1.54, 1.807) is 60.7 Å². The molecule has 13 amide bonds. The van der Waals surface area contributed by atoms with Gasteiger partial charge in [0.1, 0.15) is 54.4 Å². The Labute approximate surface area is 558 Å². The number of nitrogens with zero attached hydrogens (tertiary/aromatic N) is 3. The van der Waals surface area contributed by atoms with E-state index in [2.05, 4.69) is 47.5 Å². The number of carbonyl (C=O) groups excluding carboxylic acids is 13. The van der Waals surface area contributed by atoms with Gasteiger partial charge in [-0.05, 0) is 119 Å². The van der Waals surface area contributed by atoms with Gasteiger partial charge in [0, 0.05) is 45.3 Å². The summed E-state index contributed by atoms with van der Waals surface area (Å²) >= 11 is 1.45. The molecule has 2 aliphatic heterocycles. The number of amides is 13. The fourth-order valence-corrected chi connectivity index (χ4v) is 11.5. The molecule has 2 aromatic carbocycles. The highest BCUT2D eigenvalue weighted by Gasteiger charge is 2.42. The van der Waals surface area contributed by atoms with Gasteiger partial charge in [0.2, 0.25) is 76.8 Å². The van der Waals surface area contributed by atoms with Crippen molar-refractivity contribution in [2.45, 2.75) is 183 Å². The van der Waals surface area contributed by atoms with Gasteiger partial charge in [0.05, 0.1) is 12.6 Å². The van der Waals surface area contributed by atoms with Crippen LogP contribution in [0.1, 0.15) is 121 Å². The van der Waals surface area contributed by atoms with Crippen molar-refractivity contribution in [1.82, 2.24) is 52.3 Å². The van der Waals surface area contributed by atoms with E-state index in [1.165, 1.54) is 21.6 Å². The molecule has 0 aliphatic carbocycles. The zero-order valence-electron chi connectivity index (χ0n) is 54.5. The number of carbonyl (C=O) groups is 13. The third kappa shape index (κ3) is 27.5. The largest absolute Gasteiger partial charge is 0.370 e. The van der Waals surface area contributed by atoms with Crippen molar-refractivity contribution in [3.63, 3.8) is 0 Å². The van der Waals surface area contributed by atoms with Gasteiger partial charge in [-0.2, -0.15) is 11.8 Å². The van der Waals surface area contributed by atoms with Crippen LogP contribution < -0.4 is 82.7 Å². The van der Waals surface area contributed by atoms with Crippen LogP contribution in [0, 0.1) is 5.92 Å². The predicted octanol–water partition coefficient (Wildman–Crippen LogP) is -3.71. The van der Waals surface area contributed by atoms with Gasteiger partial charge >= 0.3 is 0 Å². The summed E-state index contributed by atoms with van der Waals surface area (Å²) in [6.07, 6.45) is 3.12. The number of nitrogens with two attached hydrogens (primary N) is 7. The minimum absolute atomic E-state index is 0.0736. The average Bonchev–Trinajstić information content (AvgIpc) is 1.74. The highest BCUT2D eigenvalue weighted by Crippen LogP contribution is 2.24. The Hall–Kier alpha value is -8.91. The maximum atomic E-state index is 14.7. The van der Waals surface area contributed by atoms with Crippen LogP contribution in [-0.2, 0) is 75.2 Å². The quantitative estimate of drug-likeness (QED) is 0.0173. The summed E-state index contributed by atoms with van der Waals surface area (Å²) < 4.78 is 0. The summed E-state index contributed by atoms with van der Waals surface area (Å²) in [6.45, 7) is 3.86. The number of hydrogen-bond donors (Lipinski definition) is 15. The summed E-state index contributed by atoms with van der Waals surface area (Å²) in [5, 5.41) is 21.1. The monoisotopic (exact) mass is 1350 g/mol. The molecule has 0 bridgehead atoms. The maximum Gasteiger partial charge on any atom is 0.245 e. The van der Waals surface area contributed by atoms with Gasteiger partial charge in [-0.15, -0.1) is 0 Å². The predicted molar refractivity (Wildman–Crippen MR) is 356 cm³/mol. The number of thioether (sulfide) groups is 1. The molecule has 2 aromatic rings. The second-order valence-corrected chi connectivity index (χ2v) is 25.1. The van der Waals surface area contributed by atoms with E-state index in [1.807, 2.05) is 20.1 Å². The first-order chi connectivity index (χ1) is 45.2. The van der Waals surface area contributed by atoms with Gasteiger partial charge in [-0.25, -0.2) is 0 Å². The van der Waals surface area contributed by atoms with Crippen LogP contribution in [0.3, 0.4) is 0 Å². The second kappa shape index (κ2) is 41.0. The highest BCUT2D eigenvalue weighted by molar-refractivity contribution is 7.98. The zero-order valence-corrected chi connectivity index (χ0v) is 55.3. The molecule has 2 heterocycles. The molecule has 0 aromatic heterocycles. The molecular weight excluding hydrogens is 1250 g/mol. The second-order valence-electron chi connectivity index (χ2n) is 24.1. The van der Waals surface area contributed by atoms with E-state index in [4.69, 9.17) is 40.1 Å². The van der Waals surface area contributed by atoms with Crippen LogP contribution in [0.2, 0.25) is 0 Å². The first kappa shape index (κ1) is 78.5. The normalized spacial score (nSPS) is 16.8. The van der Waals surface area contributed by atoms with E-state index in [0.717, 1.165) is 0 Å². The number of hydrogen-bond acceptors (Lipinski definition) is 17. The molecule has 2 aliphatic rings. The minimum atomic E-state index is -1.64. The highest BCUT2D eigenvalue weighted by atomic mass is 32.2. The van der Waals surface area contributed by atoms with Crippen LogP contribution in [0.5, 0.6) is 0 Å². The fourth-order valence-electron chi connectivity index (χ4n) is 11.0. The van der Waals surface area contributed by atoms with Gasteiger partial charge < -0.3 is 92.5 Å². The first-order valence-corrected chi connectivity index (χ1v) is 33.6. The number of likely N-dealkylation sites (tertiary alicyclic amines) is 2. The minimum Gasteiger partial charge on any atom is -0.370 e. The topological polar surface area (TPSA) is 519 Å². The number of rotatable bonds is 42. The molecule has 2 fully saturated rings. The first-order valence-electron chi connectivity index (χ1n) is 32.2. The van der Waals surface area contributed by atoms with Crippen LogP contribution in [-0.4, -0.2) is 198 Å². The average molecular weight is 1350 g/mol. The lowest BCUT2D eigenvalue weighted by Crippen LogP contribution is -2.60. The van der Waals surface area contributed by atoms with Crippen molar-refractivity contribution in [3.05, 3.63) is 71.8 Å². The number of primary amides is 3. The van der Waals surface area contributed by atoms with Gasteiger partial charge in [0.15, 0.2) is 5.96 Å². The fraction of sp³-hybridized carbons (Fsp3) is 0.587. The summed E-state index contributed by atoms with van der Waals surface area (Å²) in [7, 11) is 0. The molecule has 0 saturated carbocycles. The Bertz CT molecular complexity index is 2960. The third-order valence-corrected chi connectivity index (χ3v) is 16.7. The molecule has 524 valence electrons. The van der Waals surface area contributed by atoms with E-state index in [0.29, 0.717) is 55.4 Å². The van der Waals surface area contributed by atoms with Crippen molar-refractivity contribution >= 4 is 94.5 Å². The van der Waals surface area contributed by atoms with Crippen molar-refractivity contribution in [2.75, 3.05) is 44.7 Å². The molecule has 31 nitrogen and oxygen atoms in total. The Balaban J connectivity index is 1.56. The molecule has 0 spiro atoms.